The molecule has 304 valence electrons. The third-order valence-electron chi connectivity index (χ3n) is 8.64. The molecule has 9 nitrogen and oxygen atoms in total. The summed E-state index contributed by atoms with van der Waals surface area (Å²) in [7, 11) is 0. The highest BCUT2D eigenvalue weighted by atomic mass is 32.2. The van der Waals surface area contributed by atoms with Crippen molar-refractivity contribution in [2.75, 3.05) is 0 Å². The van der Waals surface area contributed by atoms with Crippen LogP contribution in [0.2, 0.25) is 0 Å². The van der Waals surface area contributed by atoms with Crippen LogP contribution in [0.3, 0.4) is 0 Å². The Balaban J connectivity index is 0.000000221. The second-order valence-corrected chi connectivity index (χ2v) is 14.0. The van der Waals surface area contributed by atoms with Crippen LogP contribution < -0.4 is 4.74 Å². The highest BCUT2D eigenvalue weighted by molar-refractivity contribution is 7.98. The van der Waals surface area contributed by atoms with Gasteiger partial charge in [0.15, 0.2) is 5.76 Å². The lowest BCUT2D eigenvalue weighted by Gasteiger charge is -2.09. The summed E-state index contributed by atoms with van der Waals surface area (Å²) in [5.41, 5.74) is 3.30. The third-order valence-corrected chi connectivity index (χ3v) is 9.66. The van der Waals surface area contributed by atoms with Gasteiger partial charge in [0.25, 0.3) is 0 Å². The molecule has 0 fully saturated rings. The quantitative estimate of drug-likeness (QED) is 0.0855. The van der Waals surface area contributed by atoms with Crippen LogP contribution in [0.1, 0.15) is 57.1 Å². The van der Waals surface area contributed by atoms with E-state index >= 15 is 0 Å². The predicted octanol–water partition coefficient (Wildman–Crippen LogP) is 11.2. The van der Waals surface area contributed by atoms with Crippen LogP contribution in [-0.4, -0.2) is 32.1 Å². The van der Waals surface area contributed by atoms with Crippen molar-refractivity contribution in [3.8, 4) is 28.7 Å². The van der Waals surface area contributed by atoms with E-state index in [1.54, 1.807) is 32.0 Å². The van der Waals surface area contributed by atoms with Crippen molar-refractivity contribution >= 4 is 23.7 Å². The van der Waals surface area contributed by atoms with Crippen molar-refractivity contribution in [1.29, 1.82) is 0 Å². The number of carboxylic acids is 2. The lowest BCUT2D eigenvalue weighted by atomic mass is 10.0. The Hall–Kier alpha value is -6.03. The molecule has 16 heteroatoms. The summed E-state index contributed by atoms with van der Waals surface area (Å²) in [6, 6.07) is 21.9. The number of rotatable bonds is 13. The SMILES string of the molecule is Cc1cc(OCc2oc(-c3ccc(C(F)(F)F)cc3)nc2C)ccc1CCC(=O)O.Cc1nc(-c2ccc(C(F)(F)F)cc2)oc1CSc1ccc(CC(=O)O)cc1. The Labute approximate surface area is 332 Å². The topological polar surface area (TPSA) is 136 Å². The molecule has 0 aliphatic rings. The van der Waals surface area contributed by atoms with Crippen LogP contribution in [0, 0.1) is 20.8 Å². The van der Waals surface area contributed by atoms with Gasteiger partial charge in [-0.2, -0.15) is 26.3 Å². The highest BCUT2D eigenvalue weighted by Crippen LogP contribution is 2.34. The number of carboxylic acid groups (broad SMARTS) is 2. The normalized spacial score (nSPS) is 11.5. The van der Waals surface area contributed by atoms with Gasteiger partial charge in [0.1, 0.15) is 18.1 Å². The van der Waals surface area contributed by atoms with Gasteiger partial charge in [-0.3, -0.25) is 9.59 Å². The first-order valence-corrected chi connectivity index (χ1v) is 18.5. The molecule has 0 atom stereocenters. The van der Waals surface area contributed by atoms with E-state index < -0.39 is 35.4 Å². The molecule has 0 aliphatic heterocycles. The fourth-order valence-electron chi connectivity index (χ4n) is 5.43. The van der Waals surface area contributed by atoms with Gasteiger partial charge in [0.05, 0.1) is 34.7 Å². The second kappa shape index (κ2) is 18.5. The van der Waals surface area contributed by atoms with Gasteiger partial charge in [0, 0.05) is 22.4 Å². The number of thioether (sulfide) groups is 1. The lowest BCUT2D eigenvalue weighted by molar-refractivity contribution is -0.138. The van der Waals surface area contributed by atoms with Crippen LogP contribution in [0.5, 0.6) is 5.75 Å². The average molecular weight is 827 g/mol. The summed E-state index contributed by atoms with van der Waals surface area (Å²) in [6.07, 6.45) is -8.30. The number of ether oxygens (including phenoxy) is 1. The number of aromatic nitrogens is 2. The molecule has 2 N–H and O–H groups in total. The monoisotopic (exact) mass is 826 g/mol. The van der Waals surface area contributed by atoms with E-state index in [0.717, 1.165) is 45.9 Å². The smallest absolute Gasteiger partial charge is 0.416 e. The van der Waals surface area contributed by atoms with Gasteiger partial charge < -0.3 is 23.8 Å². The molecule has 2 heterocycles. The maximum atomic E-state index is 12.7. The third kappa shape index (κ3) is 12.0. The van der Waals surface area contributed by atoms with Crippen molar-refractivity contribution in [1.82, 2.24) is 9.97 Å². The second-order valence-electron chi connectivity index (χ2n) is 13.0. The largest absolute Gasteiger partial charge is 0.486 e. The molecule has 0 aliphatic carbocycles. The molecular formula is C42H36F6N2O7S. The fraction of sp³-hybridized carbons (Fsp3) is 0.238. The van der Waals surface area contributed by atoms with Gasteiger partial charge in [0.2, 0.25) is 11.8 Å². The minimum absolute atomic E-state index is 0.0252. The highest BCUT2D eigenvalue weighted by Gasteiger charge is 2.31. The zero-order valence-electron chi connectivity index (χ0n) is 31.2. The minimum atomic E-state index is -4.40. The number of nitrogens with zero attached hydrogens (tertiary/aromatic N) is 2. The Kier molecular flexibility index (Phi) is 13.7. The molecule has 58 heavy (non-hydrogen) atoms. The van der Waals surface area contributed by atoms with Crippen molar-refractivity contribution in [2.45, 2.75) is 69.6 Å². The van der Waals surface area contributed by atoms with E-state index in [1.807, 2.05) is 31.2 Å². The lowest BCUT2D eigenvalue weighted by Crippen LogP contribution is -2.03. The molecule has 0 saturated carbocycles. The number of carbonyl (C=O) groups is 2. The molecule has 0 radical (unpaired) electrons. The van der Waals surface area contributed by atoms with Gasteiger partial charge >= 0.3 is 24.3 Å². The number of alkyl halides is 6. The zero-order valence-corrected chi connectivity index (χ0v) is 32.0. The summed E-state index contributed by atoms with van der Waals surface area (Å²) in [6.45, 7) is 5.50. The molecule has 4 aromatic carbocycles. The van der Waals surface area contributed by atoms with Gasteiger partial charge in [-0.05, 0) is 117 Å². The molecule has 0 saturated heterocycles. The number of aliphatic carboxylic acids is 2. The summed E-state index contributed by atoms with van der Waals surface area (Å²) in [5, 5.41) is 17.6. The van der Waals surface area contributed by atoms with Crippen LogP contribution in [0.25, 0.3) is 22.9 Å². The van der Waals surface area contributed by atoms with Crippen LogP contribution in [-0.2, 0) is 47.1 Å². The maximum Gasteiger partial charge on any atom is 0.416 e. The number of benzene rings is 4. The Bertz CT molecular complexity index is 2330. The molecule has 0 unspecified atom stereocenters. The van der Waals surface area contributed by atoms with Gasteiger partial charge in [-0.1, -0.05) is 18.2 Å². The van der Waals surface area contributed by atoms with E-state index in [-0.39, 0.29) is 31.2 Å². The van der Waals surface area contributed by atoms with E-state index in [4.69, 9.17) is 23.8 Å². The number of oxazole rings is 2. The first kappa shape index (κ1) is 43.1. The van der Waals surface area contributed by atoms with E-state index in [1.165, 1.54) is 36.0 Å². The van der Waals surface area contributed by atoms with Crippen molar-refractivity contribution in [3.63, 3.8) is 0 Å². The molecule has 6 rings (SSSR count). The van der Waals surface area contributed by atoms with E-state index in [9.17, 15) is 35.9 Å². The van der Waals surface area contributed by atoms with E-state index in [0.29, 0.717) is 52.0 Å². The summed E-state index contributed by atoms with van der Waals surface area (Å²) < 4.78 is 93.3. The predicted molar refractivity (Wildman–Crippen MR) is 202 cm³/mol. The summed E-state index contributed by atoms with van der Waals surface area (Å²) >= 11 is 1.50. The van der Waals surface area contributed by atoms with Gasteiger partial charge in [-0.15, -0.1) is 11.8 Å². The molecule has 0 bridgehead atoms. The van der Waals surface area contributed by atoms with Gasteiger partial charge in [-0.25, -0.2) is 9.97 Å². The van der Waals surface area contributed by atoms with Crippen molar-refractivity contribution in [3.05, 3.63) is 142 Å². The molecule has 6 aromatic rings. The molecule has 0 spiro atoms. The van der Waals surface area contributed by atoms with E-state index in [2.05, 4.69) is 9.97 Å². The molecule has 2 aromatic heterocycles. The first-order chi connectivity index (χ1) is 27.3. The number of hydrogen-bond donors (Lipinski definition) is 2. The Morgan fingerprint density at radius 3 is 1.69 bits per heavy atom. The maximum absolute atomic E-state index is 12.7. The van der Waals surface area contributed by atoms with Crippen molar-refractivity contribution in [2.24, 2.45) is 0 Å². The van der Waals surface area contributed by atoms with Crippen LogP contribution >= 0.6 is 11.8 Å². The summed E-state index contributed by atoms with van der Waals surface area (Å²) in [4.78, 5) is 30.9. The number of aryl methyl sites for hydroxylation is 4. The zero-order chi connectivity index (χ0) is 42.2. The minimum Gasteiger partial charge on any atom is -0.486 e. The fourth-order valence-corrected chi connectivity index (χ4v) is 6.32. The molecular weight excluding hydrogens is 791 g/mol. The number of hydrogen-bond acceptors (Lipinski definition) is 8. The summed E-state index contributed by atoms with van der Waals surface area (Å²) in [5.74, 6) is 0.967. The van der Waals surface area contributed by atoms with Crippen LogP contribution in [0.4, 0.5) is 26.3 Å². The van der Waals surface area contributed by atoms with Crippen molar-refractivity contribution < 1.29 is 59.7 Å². The first-order valence-electron chi connectivity index (χ1n) is 17.5. The molecule has 0 amide bonds. The average Bonchev–Trinajstić information content (AvgIpc) is 3.73. The standard InChI is InChI=1S/C22H20F3NO4.C20H16F3NO3S/c1-13-11-18(9-5-15(13)6-10-20(27)28)29-12-19-14(2)26-21(30-19)16-3-7-17(8-4-16)22(23,24)25;1-12-17(11-28-16-8-2-13(3-9-16)10-18(25)26)27-19(24-12)14-4-6-15(7-5-14)20(21,22)23/h3-5,7-9,11H,6,10,12H2,1-2H3,(H,27,28);2-9H,10-11H2,1H3,(H,25,26). The Morgan fingerprint density at radius 1 is 0.690 bits per heavy atom. The Morgan fingerprint density at radius 2 is 1.21 bits per heavy atom. The van der Waals surface area contributed by atoms with Crippen LogP contribution in [0.15, 0.2) is 105 Å². The number of halogens is 6.